The molecule has 0 aliphatic rings. The number of urea groups is 1. The Labute approximate surface area is 192 Å². The third-order valence-electron chi connectivity index (χ3n) is 5.13. The summed E-state index contributed by atoms with van der Waals surface area (Å²) in [4.78, 5) is 26.4. The van der Waals surface area contributed by atoms with Crippen molar-refractivity contribution < 1.29 is 9.59 Å². The fourth-order valence-electron chi connectivity index (χ4n) is 3.60. The number of fused-ring (bicyclic) bond motifs is 1. The molecule has 0 saturated heterocycles. The minimum atomic E-state index is -0.935. The summed E-state index contributed by atoms with van der Waals surface area (Å²) in [5.41, 5.74) is 2.99. The van der Waals surface area contributed by atoms with Gasteiger partial charge in [-0.25, -0.2) is 4.79 Å². The average Bonchev–Trinajstić information content (AvgIpc) is 2.80. The fraction of sp³-hybridized carbons (Fsp3) is 0.0769. The van der Waals surface area contributed by atoms with E-state index in [0.29, 0.717) is 16.9 Å². The van der Waals surface area contributed by atoms with Crippen molar-refractivity contribution in [1.29, 1.82) is 0 Å². The van der Waals surface area contributed by atoms with Gasteiger partial charge in [0.1, 0.15) is 6.04 Å². The number of nitrogens with zero attached hydrogens (tertiary/aromatic N) is 1. The standard InChI is InChI=1S/C26H23N3O2S/c1-18-9-7-14-21(17-18)27-25(30)24(20-11-3-2-4-12-20)29(32)26(31)28-23-16-8-13-19-10-5-6-15-22(19)23/h2-17,24,32H,1H3,(H,27,30)(H,28,31). The molecule has 6 heteroatoms. The molecule has 160 valence electrons. The zero-order chi connectivity index (χ0) is 22.5. The molecule has 0 heterocycles. The lowest BCUT2D eigenvalue weighted by Gasteiger charge is -2.27. The van der Waals surface area contributed by atoms with Crippen molar-refractivity contribution >= 4 is 46.9 Å². The molecule has 4 aromatic carbocycles. The highest BCUT2D eigenvalue weighted by molar-refractivity contribution is 7.78. The van der Waals surface area contributed by atoms with Crippen LogP contribution in [-0.2, 0) is 4.79 Å². The Hall–Kier alpha value is -3.77. The summed E-state index contributed by atoms with van der Waals surface area (Å²) in [6.45, 7) is 1.95. The van der Waals surface area contributed by atoms with Crippen molar-refractivity contribution in [1.82, 2.24) is 4.31 Å². The molecule has 1 atom stereocenters. The number of aryl methyl sites for hydroxylation is 1. The van der Waals surface area contributed by atoms with Gasteiger partial charge in [0.2, 0.25) is 0 Å². The van der Waals surface area contributed by atoms with Crippen molar-refractivity contribution in [2.24, 2.45) is 0 Å². The van der Waals surface area contributed by atoms with Crippen LogP contribution in [0.25, 0.3) is 10.8 Å². The lowest BCUT2D eigenvalue weighted by molar-refractivity contribution is -0.119. The largest absolute Gasteiger partial charge is 0.332 e. The molecule has 0 fully saturated rings. The number of thiol groups is 1. The zero-order valence-electron chi connectivity index (χ0n) is 17.5. The van der Waals surface area contributed by atoms with Crippen LogP contribution in [0.15, 0.2) is 97.1 Å². The molecule has 0 saturated carbocycles. The Balaban J connectivity index is 1.61. The maximum absolute atomic E-state index is 13.3. The van der Waals surface area contributed by atoms with Crippen LogP contribution < -0.4 is 10.6 Å². The normalized spacial score (nSPS) is 11.6. The molecule has 0 spiro atoms. The number of amides is 3. The molecular weight excluding hydrogens is 418 g/mol. The molecule has 0 aliphatic carbocycles. The van der Waals surface area contributed by atoms with Crippen molar-refractivity contribution in [2.75, 3.05) is 10.6 Å². The first-order chi connectivity index (χ1) is 15.5. The first-order valence-corrected chi connectivity index (χ1v) is 10.6. The predicted octanol–water partition coefficient (Wildman–Crippen LogP) is 6.21. The summed E-state index contributed by atoms with van der Waals surface area (Å²) >= 11 is 4.44. The van der Waals surface area contributed by atoms with E-state index in [-0.39, 0.29) is 5.91 Å². The lowest BCUT2D eigenvalue weighted by Crippen LogP contribution is -2.37. The van der Waals surface area contributed by atoms with Gasteiger partial charge in [-0.15, -0.1) is 0 Å². The monoisotopic (exact) mass is 441 g/mol. The second kappa shape index (κ2) is 9.58. The number of benzene rings is 4. The van der Waals surface area contributed by atoms with Gasteiger partial charge in [-0.3, -0.25) is 9.10 Å². The molecule has 0 aromatic heterocycles. The van der Waals surface area contributed by atoms with Gasteiger partial charge in [0.15, 0.2) is 0 Å². The molecule has 0 radical (unpaired) electrons. The fourth-order valence-corrected chi connectivity index (χ4v) is 3.88. The third kappa shape index (κ3) is 4.76. The van der Waals surface area contributed by atoms with Gasteiger partial charge in [-0.05, 0) is 41.6 Å². The van der Waals surface area contributed by atoms with Gasteiger partial charge in [-0.2, -0.15) is 0 Å². The van der Waals surface area contributed by atoms with Crippen LogP contribution in [0, 0.1) is 6.92 Å². The minimum Gasteiger partial charge on any atom is -0.324 e. The van der Waals surface area contributed by atoms with Crippen molar-refractivity contribution in [3.63, 3.8) is 0 Å². The summed E-state index contributed by atoms with van der Waals surface area (Å²) in [7, 11) is 0. The Morgan fingerprint density at radius 3 is 2.28 bits per heavy atom. The number of rotatable bonds is 5. The highest BCUT2D eigenvalue weighted by atomic mass is 32.1. The Bertz CT molecular complexity index is 1250. The SMILES string of the molecule is Cc1cccc(NC(=O)C(c2ccccc2)N(S)C(=O)Nc2cccc3ccccc23)c1. The van der Waals surface area contributed by atoms with E-state index in [0.717, 1.165) is 20.6 Å². The van der Waals surface area contributed by atoms with E-state index < -0.39 is 12.1 Å². The summed E-state index contributed by atoms with van der Waals surface area (Å²) in [5.74, 6) is -0.357. The summed E-state index contributed by atoms with van der Waals surface area (Å²) in [6.07, 6.45) is 0. The first kappa shape index (κ1) is 21.5. The number of carbonyl (C=O) groups excluding carboxylic acids is 2. The summed E-state index contributed by atoms with van der Waals surface area (Å²) in [5, 5.41) is 7.71. The van der Waals surface area contributed by atoms with Gasteiger partial charge in [-0.1, -0.05) is 91.7 Å². The smallest absolute Gasteiger partial charge is 0.324 e. The first-order valence-electron chi connectivity index (χ1n) is 10.2. The van der Waals surface area contributed by atoms with E-state index >= 15 is 0 Å². The van der Waals surface area contributed by atoms with Crippen LogP contribution in [0.1, 0.15) is 17.2 Å². The average molecular weight is 442 g/mol. The molecule has 0 bridgehead atoms. The molecular formula is C26H23N3O2S. The minimum absolute atomic E-state index is 0.357. The van der Waals surface area contributed by atoms with E-state index in [1.165, 1.54) is 0 Å². The molecule has 4 aromatic rings. The molecule has 32 heavy (non-hydrogen) atoms. The van der Waals surface area contributed by atoms with Gasteiger partial charge in [0, 0.05) is 11.1 Å². The van der Waals surface area contributed by atoms with Gasteiger partial charge >= 0.3 is 6.03 Å². The van der Waals surface area contributed by atoms with Crippen LogP contribution in [-0.4, -0.2) is 16.2 Å². The van der Waals surface area contributed by atoms with E-state index in [1.54, 1.807) is 12.1 Å². The van der Waals surface area contributed by atoms with E-state index in [9.17, 15) is 9.59 Å². The van der Waals surface area contributed by atoms with Gasteiger partial charge in [0.05, 0.1) is 5.69 Å². The molecule has 4 rings (SSSR count). The molecule has 5 nitrogen and oxygen atoms in total. The molecule has 3 amide bonds. The Kier molecular flexibility index (Phi) is 6.42. The highest BCUT2D eigenvalue weighted by Gasteiger charge is 2.30. The van der Waals surface area contributed by atoms with E-state index in [4.69, 9.17) is 0 Å². The number of nitrogens with one attached hydrogen (secondary N) is 2. The topological polar surface area (TPSA) is 61.4 Å². The Morgan fingerprint density at radius 1 is 0.812 bits per heavy atom. The highest BCUT2D eigenvalue weighted by Crippen LogP contribution is 2.28. The maximum atomic E-state index is 13.3. The van der Waals surface area contributed by atoms with Crippen LogP contribution in [0.4, 0.5) is 16.2 Å². The third-order valence-corrected chi connectivity index (χ3v) is 5.55. The second-order valence-electron chi connectivity index (χ2n) is 7.47. The number of anilines is 2. The van der Waals surface area contributed by atoms with Crippen LogP contribution in [0.3, 0.4) is 0 Å². The summed E-state index contributed by atoms with van der Waals surface area (Å²) in [6, 6.07) is 28.6. The van der Waals surface area contributed by atoms with E-state index in [1.807, 2.05) is 91.9 Å². The Morgan fingerprint density at radius 2 is 1.50 bits per heavy atom. The van der Waals surface area contributed by atoms with Crippen LogP contribution in [0.2, 0.25) is 0 Å². The summed E-state index contributed by atoms with van der Waals surface area (Å²) < 4.78 is 1.13. The maximum Gasteiger partial charge on any atom is 0.332 e. The van der Waals surface area contributed by atoms with Crippen LogP contribution >= 0.6 is 12.8 Å². The van der Waals surface area contributed by atoms with E-state index in [2.05, 4.69) is 23.4 Å². The van der Waals surface area contributed by atoms with Gasteiger partial charge < -0.3 is 10.6 Å². The van der Waals surface area contributed by atoms with Crippen molar-refractivity contribution in [3.8, 4) is 0 Å². The molecule has 0 aliphatic heterocycles. The molecule has 2 N–H and O–H groups in total. The number of carbonyl (C=O) groups is 2. The quantitative estimate of drug-likeness (QED) is 0.323. The second-order valence-corrected chi connectivity index (χ2v) is 7.90. The predicted molar refractivity (Wildman–Crippen MR) is 133 cm³/mol. The number of hydrogen-bond acceptors (Lipinski definition) is 3. The van der Waals surface area contributed by atoms with Crippen molar-refractivity contribution in [3.05, 3.63) is 108 Å². The van der Waals surface area contributed by atoms with Crippen LogP contribution in [0.5, 0.6) is 0 Å². The molecule has 1 unspecified atom stereocenters. The van der Waals surface area contributed by atoms with Crippen molar-refractivity contribution in [2.45, 2.75) is 13.0 Å². The zero-order valence-corrected chi connectivity index (χ0v) is 18.4. The van der Waals surface area contributed by atoms with Gasteiger partial charge in [0.25, 0.3) is 5.91 Å². The number of hydrogen-bond donors (Lipinski definition) is 3. The lowest BCUT2D eigenvalue weighted by atomic mass is 10.1.